The Morgan fingerprint density at radius 2 is 2.35 bits per heavy atom. The number of carbonyl (C=O) groups is 1. The van der Waals surface area contributed by atoms with Gasteiger partial charge in [0.25, 0.3) is 0 Å². The average Bonchev–Trinajstić information content (AvgIpc) is 3.09. The molecule has 124 valence electrons. The van der Waals surface area contributed by atoms with Crippen LogP contribution in [0, 0.1) is 12.8 Å². The molecule has 0 aliphatic carbocycles. The number of hydrogen-bond donors (Lipinski definition) is 1. The van der Waals surface area contributed by atoms with Gasteiger partial charge in [-0.1, -0.05) is 0 Å². The van der Waals surface area contributed by atoms with Crippen molar-refractivity contribution < 1.29 is 4.79 Å². The Morgan fingerprint density at radius 3 is 3.04 bits per heavy atom. The zero-order chi connectivity index (χ0) is 16.2. The van der Waals surface area contributed by atoms with Crippen molar-refractivity contribution in [1.82, 2.24) is 29.4 Å². The first-order valence-corrected chi connectivity index (χ1v) is 7.95. The highest BCUT2D eigenvalue weighted by Gasteiger charge is 2.22. The fraction of sp³-hybridized carbons (Fsp3) is 0.600. The van der Waals surface area contributed by atoms with Crippen LogP contribution in [0.15, 0.2) is 18.7 Å². The molecule has 1 N–H and O–H groups in total. The van der Waals surface area contributed by atoms with Gasteiger partial charge in [-0.15, -0.1) is 0 Å². The Labute approximate surface area is 135 Å². The second-order valence-electron chi connectivity index (χ2n) is 6.20. The molecule has 8 nitrogen and oxygen atoms in total. The Balaban J connectivity index is 1.50. The number of nitrogens with zero attached hydrogens (tertiary/aromatic N) is 6. The lowest BCUT2D eigenvalue weighted by Crippen LogP contribution is -2.41. The summed E-state index contributed by atoms with van der Waals surface area (Å²) in [7, 11) is 1.83. The number of likely N-dealkylation sites (tertiary alicyclic amines) is 1. The number of piperidine rings is 1. The molecular weight excluding hydrogens is 294 g/mol. The fourth-order valence-corrected chi connectivity index (χ4v) is 3.15. The molecule has 3 rings (SSSR count). The molecule has 1 aliphatic rings. The van der Waals surface area contributed by atoms with Crippen molar-refractivity contribution >= 4 is 11.7 Å². The summed E-state index contributed by atoms with van der Waals surface area (Å²) in [6.07, 6.45) is 5.58. The maximum Gasteiger partial charge on any atom is 0.239 e. The van der Waals surface area contributed by atoms with Gasteiger partial charge in [-0.25, -0.2) is 4.98 Å². The van der Waals surface area contributed by atoms with Crippen molar-refractivity contribution in [2.45, 2.75) is 26.3 Å². The summed E-state index contributed by atoms with van der Waals surface area (Å²) in [6.45, 7) is 5.07. The van der Waals surface area contributed by atoms with E-state index in [1.54, 1.807) is 17.3 Å². The molecule has 1 aliphatic heterocycles. The van der Waals surface area contributed by atoms with Crippen molar-refractivity contribution in [3.8, 4) is 0 Å². The van der Waals surface area contributed by atoms with Gasteiger partial charge in [0.15, 0.2) is 0 Å². The molecular formula is C15H23N7O. The van der Waals surface area contributed by atoms with Gasteiger partial charge >= 0.3 is 0 Å². The molecule has 8 heteroatoms. The molecule has 0 radical (unpaired) electrons. The minimum atomic E-state index is 0.00871. The maximum atomic E-state index is 12.2. The van der Waals surface area contributed by atoms with Crippen LogP contribution in [-0.4, -0.2) is 55.0 Å². The molecule has 0 bridgehead atoms. The number of amides is 1. The van der Waals surface area contributed by atoms with Crippen LogP contribution in [0.25, 0.3) is 0 Å². The summed E-state index contributed by atoms with van der Waals surface area (Å²) in [4.78, 5) is 18.4. The first kappa shape index (κ1) is 15.7. The molecule has 23 heavy (non-hydrogen) atoms. The second kappa shape index (κ2) is 6.91. The van der Waals surface area contributed by atoms with Gasteiger partial charge in [-0.05, 0) is 32.2 Å². The minimum absolute atomic E-state index is 0.00871. The van der Waals surface area contributed by atoms with Crippen LogP contribution in [0.4, 0.5) is 5.82 Å². The van der Waals surface area contributed by atoms with Gasteiger partial charge in [-0.2, -0.15) is 10.2 Å². The Morgan fingerprint density at radius 1 is 1.48 bits per heavy atom. The molecule has 0 spiro atoms. The predicted octanol–water partition coefficient (Wildman–Crippen LogP) is 0.671. The lowest BCUT2D eigenvalue weighted by Gasteiger charge is -2.32. The minimum Gasteiger partial charge on any atom is -0.310 e. The molecule has 1 saturated heterocycles. The lowest BCUT2D eigenvalue weighted by atomic mass is 9.98. The fourth-order valence-electron chi connectivity index (χ4n) is 3.15. The summed E-state index contributed by atoms with van der Waals surface area (Å²) in [6, 6.07) is 1.88. The first-order chi connectivity index (χ1) is 11.1. The van der Waals surface area contributed by atoms with E-state index in [1.807, 2.05) is 24.7 Å². The van der Waals surface area contributed by atoms with Crippen molar-refractivity contribution in [3.05, 3.63) is 24.4 Å². The van der Waals surface area contributed by atoms with Crippen molar-refractivity contribution in [1.29, 1.82) is 0 Å². The Bertz CT molecular complexity index is 649. The zero-order valence-corrected chi connectivity index (χ0v) is 13.6. The number of rotatable bonds is 5. The molecule has 0 saturated carbocycles. The normalized spacial score (nSPS) is 19.0. The molecule has 0 aromatic carbocycles. The summed E-state index contributed by atoms with van der Waals surface area (Å²) in [5, 5.41) is 11.3. The van der Waals surface area contributed by atoms with E-state index in [2.05, 4.69) is 25.4 Å². The van der Waals surface area contributed by atoms with Gasteiger partial charge < -0.3 is 5.32 Å². The summed E-state index contributed by atoms with van der Waals surface area (Å²) in [5.41, 5.74) is 0.897. The first-order valence-electron chi connectivity index (χ1n) is 7.95. The highest BCUT2D eigenvalue weighted by molar-refractivity contribution is 5.91. The molecule has 3 heterocycles. The van der Waals surface area contributed by atoms with E-state index < -0.39 is 0 Å². The smallest absolute Gasteiger partial charge is 0.239 e. The number of carbonyl (C=O) groups excluding carboxylic acids is 1. The zero-order valence-electron chi connectivity index (χ0n) is 13.6. The highest BCUT2D eigenvalue weighted by Crippen LogP contribution is 2.18. The van der Waals surface area contributed by atoms with Crippen molar-refractivity contribution in [2.75, 3.05) is 25.0 Å². The second-order valence-corrected chi connectivity index (χ2v) is 6.20. The van der Waals surface area contributed by atoms with Crippen molar-refractivity contribution in [2.24, 2.45) is 13.0 Å². The van der Waals surface area contributed by atoms with E-state index in [9.17, 15) is 4.79 Å². The van der Waals surface area contributed by atoms with E-state index in [1.165, 1.54) is 6.42 Å². The van der Waals surface area contributed by atoms with Gasteiger partial charge in [0, 0.05) is 26.2 Å². The SMILES string of the molecule is Cc1cc(NC(=O)CN2CCC[C@@H](Cn3cncn3)C2)n(C)n1. The van der Waals surface area contributed by atoms with Crippen molar-refractivity contribution in [3.63, 3.8) is 0 Å². The summed E-state index contributed by atoms with van der Waals surface area (Å²) >= 11 is 0. The number of hydrogen-bond acceptors (Lipinski definition) is 5. The molecule has 0 unspecified atom stereocenters. The number of aromatic nitrogens is 5. The van der Waals surface area contributed by atoms with E-state index >= 15 is 0 Å². The topological polar surface area (TPSA) is 80.9 Å². The number of aryl methyl sites for hydroxylation is 2. The molecule has 1 atom stereocenters. The average molecular weight is 317 g/mol. The predicted molar refractivity (Wildman–Crippen MR) is 85.8 cm³/mol. The third-order valence-corrected chi connectivity index (χ3v) is 4.15. The van der Waals surface area contributed by atoms with E-state index in [-0.39, 0.29) is 5.91 Å². The van der Waals surface area contributed by atoms with Crippen LogP contribution < -0.4 is 5.32 Å². The Kier molecular flexibility index (Phi) is 4.71. The third kappa shape index (κ3) is 4.16. The quantitative estimate of drug-likeness (QED) is 0.876. The Hall–Kier alpha value is -2.22. The van der Waals surface area contributed by atoms with E-state index in [0.717, 1.165) is 37.6 Å². The van der Waals surface area contributed by atoms with Gasteiger partial charge in [0.05, 0.1) is 12.2 Å². The van der Waals surface area contributed by atoms with Gasteiger partial charge in [0.2, 0.25) is 5.91 Å². The molecule has 2 aromatic heterocycles. The maximum absolute atomic E-state index is 12.2. The number of nitrogens with one attached hydrogen (secondary N) is 1. The standard InChI is InChI=1S/C15H23N7O/c1-12-6-14(20(2)19-12)18-15(23)9-21-5-3-4-13(7-21)8-22-11-16-10-17-22/h6,10-11,13H,3-5,7-9H2,1-2H3,(H,18,23)/t13-/m1/s1. The summed E-state index contributed by atoms with van der Waals surface area (Å²) < 4.78 is 3.56. The molecule has 1 fully saturated rings. The lowest BCUT2D eigenvalue weighted by molar-refractivity contribution is -0.117. The van der Waals surface area contributed by atoms with Gasteiger partial charge in [0.1, 0.15) is 18.5 Å². The largest absolute Gasteiger partial charge is 0.310 e. The van der Waals surface area contributed by atoms with Crippen LogP contribution in [-0.2, 0) is 18.4 Å². The summed E-state index contributed by atoms with van der Waals surface area (Å²) in [5.74, 6) is 1.26. The molecule has 2 aromatic rings. The highest BCUT2D eigenvalue weighted by atomic mass is 16.2. The van der Waals surface area contributed by atoms with Crippen LogP contribution in [0.5, 0.6) is 0 Å². The van der Waals surface area contributed by atoms with Crippen LogP contribution in [0.1, 0.15) is 18.5 Å². The van der Waals surface area contributed by atoms with Crippen LogP contribution in [0.2, 0.25) is 0 Å². The van der Waals surface area contributed by atoms with Crippen LogP contribution >= 0.6 is 0 Å². The number of anilines is 1. The molecule has 1 amide bonds. The van der Waals surface area contributed by atoms with Crippen LogP contribution in [0.3, 0.4) is 0 Å². The van der Waals surface area contributed by atoms with Gasteiger partial charge in [-0.3, -0.25) is 19.1 Å². The van der Waals surface area contributed by atoms with E-state index in [4.69, 9.17) is 0 Å². The third-order valence-electron chi connectivity index (χ3n) is 4.15. The monoisotopic (exact) mass is 317 g/mol. The van der Waals surface area contributed by atoms with E-state index in [0.29, 0.717) is 12.5 Å².